The van der Waals surface area contributed by atoms with Gasteiger partial charge in [0.25, 0.3) is 0 Å². The summed E-state index contributed by atoms with van der Waals surface area (Å²) in [7, 11) is -16.3. The van der Waals surface area contributed by atoms with Crippen molar-refractivity contribution in [3.8, 4) is 0 Å². The van der Waals surface area contributed by atoms with Gasteiger partial charge in [0.2, 0.25) is 0 Å². The van der Waals surface area contributed by atoms with E-state index in [9.17, 15) is 23.4 Å². The number of aromatic nitrogens is 2. The highest BCUT2D eigenvalue weighted by Gasteiger charge is 2.41. The van der Waals surface area contributed by atoms with E-state index in [1.807, 2.05) is 0 Å². The number of anilines is 1. The molecule has 1 fully saturated rings. The molecule has 15 nitrogen and oxygen atoms in total. The summed E-state index contributed by atoms with van der Waals surface area (Å²) in [5, 5.41) is 0. The van der Waals surface area contributed by atoms with Crippen molar-refractivity contribution in [2.75, 3.05) is 12.3 Å². The molecule has 0 amide bonds. The largest absolute Gasteiger partial charge is 0.490 e. The Morgan fingerprint density at radius 1 is 1.21 bits per heavy atom. The second kappa shape index (κ2) is 8.42. The molecule has 1 saturated heterocycles. The molecule has 2 heterocycles. The number of ether oxygens (including phenoxy) is 1. The average Bonchev–Trinajstić information content (AvgIpc) is 2.94. The number of hydrogen-bond acceptors (Lipinski definition) is 10. The second-order valence-corrected chi connectivity index (χ2v) is 10.1. The fraction of sp³-hybridized carbons (Fsp3) is 0.600. The van der Waals surface area contributed by atoms with E-state index in [2.05, 4.69) is 18.1 Å². The quantitative estimate of drug-likeness (QED) is 0.322. The van der Waals surface area contributed by atoms with E-state index in [4.69, 9.17) is 25.2 Å². The molecular weight excluding hydrogens is 447 g/mol. The molecule has 0 radical (unpaired) electrons. The summed E-state index contributed by atoms with van der Waals surface area (Å²) in [5.74, 6) is 0.0726. The smallest absolute Gasteiger partial charge is 0.383 e. The van der Waals surface area contributed by atoms with Crippen LogP contribution in [0.1, 0.15) is 24.6 Å². The zero-order valence-electron chi connectivity index (χ0n) is 14.2. The Morgan fingerprint density at radius 2 is 1.86 bits per heavy atom. The van der Waals surface area contributed by atoms with Crippen LogP contribution in [0.25, 0.3) is 0 Å². The number of nitrogens with two attached hydrogens (primary N) is 1. The van der Waals surface area contributed by atoms with Crippen molar-refractivity contribution in [3.05, 3.63) is 22.2 Å². The number of phosphoric ester groups is 1. The molecule has 1 aliphatic heterocycles. The highest BCUT2D eigenvalue weighted by molar-refractivity contribution is 7.66. The molecule has 4 atom stereocenters. The van der Waals surface area contributed by atoms with Gasteiger partial charge in [0, 0.05) is 11.8 Å². The molecule has 1 aromatic heterocycles. The van der Waals surface area contributed by atoms with Crippen LogP contribution in [0.15, 0.2) is 11.0 Å². The first-order valence-corrected chi connectivity index (χ1v) is 12.0. The lowest BCUT2D eigenvalue weighted by Gasteiger charge is -2.19. The molecule has 0 spiro atoms. The van der Waals surface area contributed by atoms with E-state index in [1.54, 1.807) is 6.92 Å². The third-order valence-corrected chi connectivity index (χ3v) is 7.21. The van der Waals surface area contributed by atoms with E-state index in [-0.39, 0.29) is 12.2 Å². The molecule has 0 bridgehead atoms. The maximum atomic E-state index is 11.9. The second-order valence-electron chi connectivity index (χ2n) is 5.68. The third-order valence-electron chi connectivity index (χ3n) is 3.41. The van der Waals surface area contributed by atoms with Crippen molar-refractivity contribution >= 4 is 29.3 Å². The maximum Gasteiger partial charge on any atom is 0.490 e. The van der Waals surface area contributed by atoms with Gasteiger partial charge >= 0.3 is 29.2 Å². The summed E-state index contributed by atoms with van der Waals surface area (Å²) >= 11 is 0. The van der Waals surface area contributed by atoms with Crippen LogP contribution in [0.3, 0.4) is 0 Å². The van der Waals surface area contributed by atoms with E-state index >= 15 is 0 Å². The van der Waals surface area contributed by atoms with Gasteiger partial charge < -0.3 is 30.0 Å². The first-order chi connectivity index (χ1) is 12.7. The fourth-order valence-corrected chi connectivity index (χ4v) is 5.33. The Kier molecular flexibility index (Phi) is 7.02. The maximum absolute atomic E-state index is 11.9. The normalized spacial score (nSPS) is 24.6. The lowest BCUT2D eigenvalue weighted by Crippen LogP contribution is -2.28. The minimum atomic E-state index is -5.58. The van der Waals surface area contributed by atoms with Crippen LogP contribution in [0.2, 0.25) is 0 Å². The van der Waals surface area contributed by atoms with Crippen molar-refractivity contribution in [2.45, 2.75) is 32.1 Å². The molecular formula is C10H18N3O12P3. The van der Waals surface area contributed by atoms with Crippen molar-refractivity contribution < 1.29 is 51.2 Å². The average molecular weight is 465 g/mol. The van der Waals surface area contributed by atoms with Gasteiger partial charge in [-0.1, -0.05) is 0 Å². The third kappa shape index (κ3) is 6.83. The van der Waals surface area contributed by atoms with Gasteiger partial charge in [-0.15, -0.1) is 0 Å². The van der Waals surface area contributed by atoms with Gasteiger partial charge in [0.1, 0.15) is 12.0 Å². The van der Waals surface area contributed by atoms with Crippen LogP contribution in [-0.4, -0.2) is 41.8 Å². The number of hydrogen-bond donors (Lipinski definition) is 5. The van der Waals surface area contributed by atoms with Crippen LogP contribution in [-0.2, 0) is 31.6 Å². The van der Waals surface area contributed by atoms with Gasteiger partial charge in [-0.2, -0.15) is 13.6 Å². The predicted molar refractivity (Wildman–Crippen MR) is 90.6 cm³/mol. The minimum absolute atomic E-state index is 0.0726. The Morgan fingerprint density at radius 3 is 2.46 bits per heavy atom. The first kappa shape index (κ1) is 23.3. The summed E-state index contributed by atoms with van der Waals surface area (Å²) in [4.78, 5) is 50.9. The Bertz CT molecular complexity index is 928. The molecule has 6 N–H and O–H groups in total. The molecule has 28 heavy (non-hydrogen) atoms. The molecule has 18 heteroatoms. The number of rotatable bonds is 8. The number of nitrogens with zero attached hydrogens (tertiary/aromatic N) is 2. The lowest BCUT2D eigenvalue weighted by atomic mass is 10.2. The van der Waals surface area contributed by atoms with Crippen LogP contribution in [0, 0.1) is 6.92 Å². The van der Waals surface area contributed by atoms with Crippen LogP contribution in [0.4, 0.5) is 5.82 Å². The molecule has 2 unspecified atom stereocenters. The van der Waals surface area contributed by atoms with E-state index < -0.39 is 48.1 Å². The molecule has 2 rings (SSSR count). The Hall–Kier alpha value is -0.950. The van der Waals surface area contributed by atoms with Gasteiger partial charge in [-0.05, 0) is 19.8 Å². The fourth-order valence-electron chi connectivity index (χ4n) is 2.28. The van der Waals surface area contributed by atoms with E-state index in [1.165, 1.54) is 10.8 Å². The zero-order valence-corrected chi connectivity index (χ0v) is 16.9. The van der Waals surface area contributed by atoms with Gasteiger partial charge in [0.15, 0.2) is 0 Å². The summed E-state index contributed by atoms with van der Waals surface area (Å²) < 4.78 is 51.9. The molecule has 1 aliphatic rings. The standard InChI is InChI=1S/C10H18N3O12P3/c1-6-4-13(10(14)12-9(6)11)8-3-2-7(23-8)5-22-27(18,19)25-28(20,21)24-26(15,16)17/h4,7-8H,2-3,5H2,1H3,(H,18,19)(H,20,21)(H2,11,12,14)(H2,15,16,17)/t7-,8+/m1/s1. The molecule has 0 saturated carbocycles. The molecule has 1 aromatic rings. The van der Waals surface area contributed by atoms with Crippen molar-refractivity contribution in [2.24, 2.45) is 0 Å². The summed E-state index contributed by atoms with van der Waals surface area (Å²) in [5.41, 5.74) is 5.43. The van der Waals surface area contributed by atoms with Crippen LogP contribution >= 0.6 is 23.5 Å². The van der Waals surface area contributed by atoms with Gasteiger partial charge in [-0.25, -0.2) is 18.5 Å². The summed E-state index contributed by atoms with van der Waals surface area (Å²) in [6.07, 6.45) is 0.527. The van der Waals surface area contributed by atoms with E-state index in [0.29, 0.717) is 12.0 Å². The molecule has 0 aliphatic carbocycles. The Labute approximate surface area is 157 Å². The molecule has 0 aromatic carbocycles. The van der Waals surface area contributed by atoms with Crippen molar-refractivity contribution in [1.82, 2.24) is 9.55 Å². The number of aryl methyl sites for hydroxylation is 1. The lowest BCUT2D eigenvalue weighted by molar-refractivity contribution is -0.0243. The number of nitrogen functional groups attached to an aromatic ring is 1. The van der Waals surface area contributed by atoms with Gasteiger partial charge in [0.05, 0.1) is 12.7 Å². The van der Waals surface area contributed by atoms with Crippen molar-refractivity contribution in [3.63, 3.8) is 0 Å². The zero-order chi connectivity index (χ0) is 21.3. The number of phosphoric acid groups is 3. The van der Waals surface area contributed by atoms with Gasteiger partial charge in [-0.3, -0.25) is 9.09 Å². The summed E-state index contributed by atoms with van der Waals surface area (Å²) in [6.45, 7) is 1.05. The molecule has 160 valence electrons. The topological polar surface area (TPSA) is 230 Å². The highest BCUT2D eigenvalue weighted by Crippen LogP contribution is 2.66. The van der Waals surface area contributed by atoms with Crippen LogP contribution < -0.4 is 11.4 Å². The van der Waals surface area contributed by atoms with Crippen molar-refractivity contribution in [1.29, 1.82) is 0 Å². The monoisotopic (exact) mass is 465 g/mol. The Balaban J connectivity index is 1.95. The van der Waals surface area contributed by atoms with E-state index in [0.717, 1.165) is 0 Å². The summed E-state index contributed by atoms with van der Waals surface area (Å²) in [6, 6.07) is 0. The minimum Gasteiger partial charge on any atom is -0.383 e. The first-order valence-electron chi connectivity index (χ1n) is 7.46. The SMILES string of the molecule is Cc1cn([C@@H]2CC[C@H](COP(=O)(O)OP(=O)(O)OP(=O)(O)O)O2)c(=O)nc1N. The van der Waals surface area contributed by atoms with Crippen LogP contribution in [0.5, 0.6) is 0 Å². The highest BCUT2D eigenvalue weighted by atomic mass is 31.3. The predicted octanol–water partition coefficient (Wildman–Crippen LogP) is 0.155.